The summed E-state index contributed by atoms with van der Waals surface area (Å²) in [6, 6.07) is 0. The van der Waals surface area contributed by atoms with Crippen LogP contribution in [0.1, 0.15) is 43.9 Å². The van der Waals surface area contributed by atoms with Crippen LogP contribution >= 0.6 is 0 Å². The van der Waals surface area contributed by atoms with Gasteiger partial charge in [-0.1, -0.05) is 13.3 Å². The van der Waals surface area contributed by atoms with E-state index in [9.17, 15) is 4.79 Å². The van der Waals surface area contributed by atoms with Gasteiger partial charge in [-0.2, -0.15) is 0 Å². The number of fused-ring (bicyclic) bond motifs is 1. The van der Waals surface area contributed by atoms with Gasteiger partial charge in [-0.25, -0.2) is 9.97 Å². The molecule has 104 valence electrons. The topological polar surface area (TPSA) is 66.3 Å². The molecule has 5 nitrogen and oxygen atoms in total. The van der Waals surface area contributed by atoms with Gasteiger partial charge in [0.25, 0.3) is 0 Å². The van der Waals surface area contributed by atoms with Crippen LogP contribution in [0.3, 0.4) is 0 Å². The summed E-state index contributed by atoms with van der Waals surface area (Å²) in [5.74, 6) is 0.0191. The molecule has 0 spiro atoms. The molecule has 1 heterocycles. The van der Waals surface area contributed by atoms with Gasteiger partial charge in [0.1, 0.15) is 18.7 Å². The monoisotopic (exact) mass is 263 g/mol. The van der Waals surface area contributed by atoms with Crippen molar-refractivity contribution in [3.8, 4) is 0 Å². The maximum atomic E-state index is 11.0. The Morgan fingerprint density at radius 1 is 1.32 bits per heavy atom. The maximum absolute atomic E-state index is 11.0. The number of carbonyl (C=O) groups is 1. The number of rotatable bonds is 5. The van der Waals surface area contributed by atoms with E-state index in [-0.39, 0.29) is 6.54 Å². The van der Waals surface area contributed by atoms with Crippen LogP contribution in [0.2, 0.25) is 0 Å². The van der Waals surface area contributed by atoms with Crippen LogP contribution < -0.4 is 4.90 Å². The maximum Gasteiger partial charge on any atom is 0.323 e. The molecule has 0 amide bonds. The summed E-state index contributed by atoms with van der Waals surface area (Å²) >= 11 is 0. The molecule has 0 aliphatic heterocycles. The standard InChI is InChI=1S/C14H21N3O2/c1-2-8-17(9-13(18)19)14-11-6-4-3-5-7-12(11)15-10-16-14/h10H,2-9H2,1H3,(H,18,19). The summed E-state index contributed by atoms with van der Waals surface area (Å²) in [5, 5.41) is 9.05. The van der Waals surface area contributed by atoms with Crippen molar-refractivity contribution in [2.75, 3.05) is 18.0 Å². The number of anilines is 1. The number of nitrogens with zero attached hydrogens (tertiary/aromatic N) is 3. The Balaban J connectivity index is 2.33. The van der Waals surface area contributed by atoms with Gasteiger partial charge in [0.2, 0.25) is 0 Å². The minimum atomic E-state index is -0.811. The third-order valence-corrected chi connectivity index (χ3v) is 3.47. The first kappa shape index (κ1) is 13.8. The summed E-state index contributed by atoms with van der Waals surface area (Å²) in [6.45, 7) is 2.78. The fourth-order valence-electron chi connectivity index (χ4n) is 2.65. The number of aliphatic carboxylic acids is 1. The Bertz CT molecular complexity index is 448. The van der Waals surface area contributed by atoms with E-state index in [1.165, 1.54) is 6.42 Å². The fourth-order valence-corrected chi connectivity index (χ4v) is 2.65. The summed E-state index contributed by atoms with van der Waals surface area (Å²) in [5.41, 5.74) is 2.27. The number of carboxylic acids is 1. The fraction of sp³-hybridized carbons (Fsp3) is 0.643. The second-order valence-corrected chi connectivity index (χ2v) is 5.00. The van der Waals surface area contributed by atoms with Gasteiger partial charge in [-0.05, 0) is 32.1 Å². The lowest BCUT2D eigenvalue weighted by Crippen LogP contribution is -2.32. The van der Waals surface area contributed by atoms with Crippen molar-refractivity contribution in [2.24, 2.45) is 0 Å². The number of carboxylic acid groups (broad SMARTS) is 1. The molecule has 0 saturated heterocycles. The average Bonchev–Trinajstić information content (AvgIpc) is 2.62. The lowest BCUT2D eigenvalue weighted by Gasteiger charge is -2.24. The van der Waals surface area contributed by atoms with Crippen LogP contribution in [0, 0.1) is 0 Å². The van der Waals surface area contributed by atoms with Crippen molar-refractivity contribution >= 4 is 11.8 Å². The Morgan fingerprint density at radius 2 is 2.11 bits per heavy atom. The largest absolute Gasteiger partial charge is 0.480 e. The van der Waals surface area contributed by atoms with Gasteiger partial charge < -0.3 is 10.0 Å². The van der Waals surface area contributed by atoms with E-state index in [2.05, 4.69) is 16.9 Å². The van der Waals surface area contributed by atoms with Crippen molar-refractivity contribution in [1.82, 2.24) is 9.97 Å². The second-order valence-electron chi connectivity index (χ2n) is 5.00. The lowest BCUT2D eigenvalue weighted by molar-refractivity contribution is -0.135. The molecule has 0 aromatic carbocycles. The molecule has 1 aromatic heterocycles. The highest BCUT2D eigenvalue weighted by atomic mass is 16.4. The van der Waals surface area contributed by atoms with Gasteiger partial charge in [0.05, 0.1) is 0 Å². The number of hydrogen-bond donors (Lipinski definition) is 1. The summed E-state index contributed by atoms with van der Waals surface area (Å²) in [6.07, 6.45) is 7.94. The molecule has 1 aliphatic rings. The van der Waals surface area contributed by atoms with Crippen molar-refractivity contribution in [3.05, 3.63) is 17.6 Å². The Morgan fingerprint density at radius 3 is 2.84 bits per heavy atom. The molecule has 5 heteroatoms. The van der Waals surface area contributed by atoms with E-state index in [4.69, 9.17) is 5.11 Å². The molecule has 0 bridgehead atoms. The minimum absolute atomic E-state index is 0.0112. The van der Waals surface area contributed by atoms with Gasteiger partial charge in [-0.15, -0.1) is 0 Å². The predicted molar refractivity (Wildman–Crippen MR) is 73.4 cm³/mol. The zero-order valence-electron chi connectivity index (χ0n) is 11.4. The van der Waals surface area contributed by atoms with Crippen molar-refractivity contribution in [3.63, 3.8) is 0 Å². The van der Waals surface area contributed by atoms with E-state index in [0.717, 1.165) is 55.7 Å². The highest BCUT2D eigenvalue weighted by molar-refractivity contribution is 5.73. The molecule has 0 unspecified atom stereocenters. The van der Waals surface area contributed by atoms with Crippen LogP contribution in [0.15, 0.2) is 6.33 Å². The zero-order valence-corrected chi connectivity index (χ0v) is 11.4. The summed E-state index contributed by atoms with van der Waals surface area (Å²) < 4.78 is 0. The van der Waals surface area contributed by atoms with Crippen molar-refractivity contribution in [2.45, 2.75) is 45.4 Å². The van der Waals surface area contributed by atoms with E-state index >= 15 is 0 Å². The predicted octanol–water partition coefficient (Wildman–Crippen LogP) is 2.05. The van der Waals surface area contributed by atoms with Crippen LogP contribution in [-0.4, -0.2) is 34.1 Å². The van der Waals surface area contributed by atoms with Gasteiger partial charge >= 0.3 is 5.97 Å². The van der Waals surface area contributed by atoms with Gasteiger partial charge in [0, 0.05) is 17.8 Å². The van der Waals surface area contributed by atoms with E-state index in [1.54, 1.807) is 6.33 Å². The zero-order chi connectivity index (χ0) is 13.7. The second kappa shape index (κ2) is 6.50. The highest BCUT2D eigenvalue weighted by Gasteiger charge is 2.19. The Kier molecular flexibility index (Phi) is 4.71. The Hall–Kier alpha value is -1.65. The minimum Gasteiger partial charge on any atom is -0.480 e. The summed E-state index contributed by atoms with van der Waals surface area (Å²) in [7, 11) is 0. The van der Waals surface area contributed by atoms with Crippen LogP contribution in [-0.2, 0) is 17.6 Å². The first-order chi connectivity index (χ1) is 9.22. The van der Waals surface area contributed by atoms with Crippen LogP contribution in [0.25, 0.3) is 0 Å². The number of hydrogen-bond acceptors (Lipinski definition) is 4. The van der Waals surface area contributed by atoms with E-state index in [1.807, 2.05) is 4.90 Å². The molecule has 1 aromatic rings. The molecular weight excluding hydrogens is 242 g/mol. The van der Waals surface area contributed by atoms with Gasteiger partial charge in [0.15, 0.2) is 0 Å². The third-order valence-electron chi connectivity index (χ3n) is 3.47. The normalized spacial score (nSPS) is 14.6. The number of aryl methyl sites for hydroxylation is 1. The molecule has 1 aliphatic carbocycles. The van der Waals surface area contributed by atoms with Crippen molar-refractivity contribution in [1.29, 1.82) is 0 Å². The van der Waals surface area contributed by atoms with E-state index < -0.39 is 5.97 Å². The third kappa shape index (κ3) is 3.43. The molecular formula is C14H21N3O2. The molecule has 0 radical (unpaired) electrons. The SMILES string of the molecule is CCCN(CC(=O)O)c1ncnc2c1CCCCC2. The van der Waals surface area contributed by atoms with E-state index in [0.29, 0.717) is 0 Å². The van der Waals surface area contributed by atoms with Crippen molar-refractivity contribution < 1.29 is 9.90 Å². The Labute approximate surface area is 113 Å². The quantitative estimate of drug-likeness (QED) is 0.823. The first-order valence-electron chi connectivity index (χ1n) is 7.02. The highest BCUT2D eigenvalue weighted by Crippen LogP contribution is 2.26. The summed E-state index contributed by atoms with van der Waals surface area (Å²) in [4.78, 5) is 21.6. The molecule has 2 rings (SSSR count). The smallest absolute Gasteiger partial charge is 0.323 e. The van der Waals surface area contributed by atoms with Crippen LogP contribution in [0.5, 0.6) is 0 Å². The lowest BCUT2D eigenvalue weighted by atomic mass is 10.1. The molecule has 0 saturated carbocycles. The van der Waals surface area contributed by atoms with Gasteiger partial charge in [-0.3, -0.25) is 4.79 Å². The van der Waals surface area contributed by atoms with Crippen LogP contribution in [0.4, 0.5) is 5.82 Å². The molecule has 1 N–H and O–H groups in total. The number of aromatic nitrogens is 2. The molecule has 19 heavy (non-hydrogen) atoms. The molecule has 0 fully saturated rings. The molecule has 0 atom stereocenters. The average molecular weight is 263 g/mol. The first-order valence-corrected chi connectivity index (χ1v) is 7.02.